The van der Waals surface area contributed by atoms with E-state index in [1.807, 2.05) is 0 Å². The quantitative estimate of drug-likeness (QED) is 0.819. The van der Waals surface area contributed by atoms with Crippen LogP contribution in [0.3, 0.4) is 0 Å². The minimum atomic E-state index is -0.875. The fourth-order valence-electron chi connectivity index (χ4n) is 2.25. The van der Waals surface area contributed by atoms with E-state index in [4.69, 9.17) is 4.74 Å². The molecule has 6 heteroatoms. The summed E-state index contributed by atoms with van der Waals surface area (Å²) in [4.78, 5) is 24.5. The van der Waals surface area contributed by atoms with Gasteiger partial charge in [-0.1, -0.05) is 0 Å². The van der Waals surface area contributed by atoms with Crippen LogP contribution in [0.15, 0.2) is 29.1 Å². The summed E-state index contributed by atoms with van der Waals surface area (Å²) in [6.07, 6.45) is 0. The predicted octanol–water partition coefficient (Wildman–Crippen LogP) is 2.91. The molecular weight excluding hydrogens is 292 g/mol. The molecule has 1 aromatic heterocycles. The van der Waals surface area contributed by atoms with E-state index in [0.717, 1.165) is 16.7 Å². The van der Waals surface area contributed by atoms with E-state index in [0.29, 0.717) is 0 Å². The highest BCUT2D eigenvalue weighted by Gasteiger charge is 2.23. The highest BCUT2D eigenvalue weighted by molar-refractivity contribution is 5.90. The number of halogens is 2. The van der Waals surface area contributed by atoms with Crippen molar-refractivity contribution in [3.63, 3.8) is 0 Å². The Kier molecular flexibility index (Phi) is 4.40. The van der Waals surface area contributed by atoms with Crippen LogP contribution in [0.25, 0.3) is 5.69 Å². The molecule has 2 aromatic rings. The Morgan fingerprint density at radius 2 is 1.77 bits per heavy atom. The average Bonchev–Trinajstić information content (AvgIpc) is 2.47. The average molecular weight is 307 g/mol. The highest BCUT2D eigenvalue weighted by Crippen LogP contribution is 2.18. The van der Waals surface area contributed by atoms with Crippen LogP contribution in [0.1, 0.15) is 28.5 Å². The Hall–Kier alpha value is -2.50. The minimum Gasteiger partial charge on any atom is -0.462 e. The maximum absolute atomic E-state index is 14.4. The van der Waals surface area contributed by atoms with Crippen molar-refractivity contribution in [2.75, 3.05) is 6.61 Å². The number of hydrogen-bond acceptors (Lipinski definition) is 3. The SMILES string of the molecule is CCOC(=O)c1c(C)c(F)c(C)n(-c2ccc(F)cc2)c1=O. The van der Waals surface area contributed by atoms with Gasteiger partial charge in [0.05, 0.1) is 12.3 Å². The number of nitrogens with zero attached hydrogens (tertiary/aromatic N) is 1. The standard InChI is InChI=1S/C16H15F2NO3/c1-4-22-16(21)13-9(2)14(18)10(3)19(15(13)20)12-7-5-11(17)6-8-12/h5-8H,4H2,1-3H3. The van der Waals surface area contributed by atoms with E-state index in [2.05, 4.69) is 0 Å². The van der Waals surface area contributed by atoms with Gasteiger partial charge in [-0.05, 0) is 45.0 Å². The molecule has 0 N–H and O–H groups in total. The molecule has 4 nitrogen and oxygen atoms in total. The van der Waals surface area contributed by atoms with Crippen molar-refractivity contribution in [2.24, 2.45) is 0 Å². The molecule has 0 bridgehead atoms. The summed E-state index contributed by atoms with van der Waals surface area (Å²) in [7, 11) is 0. The van der Waals surface area contributed by atoms with Crippen molar-refractivity contribution in [3.05, 3.63) is 63.1 Å². The third-order valence-corrected chi connectivity index (χ3v) is 3.34. The summed E-state index contributed by atoms with van der Waals surface area (Å²) in [5.74, 6) is -2.03. The number of aromatic nitrogens is 1. The van der Waals surface area contributed by atoms with Gasteiger partial charge in [0, 0.05) is 11.3 Å². The van der Waals surface area contributed by atoms with Crippen LogP contribution in [0, 0.1) is 25.5 Å². The Balaban J connectivity index is 2.77. The molecule has 0 radical (unpaired) electrons. The van der Waals surface area contributed by atoms with E-state index in [1.165, 1.54) is 26.0 Å². The summed E-state index contributed by atoms with van der Waals surface area (Å²) in [6, 6.07) is 4.99. The Morgan fingerprint density at radius 3 is 2.32 bits per heavy atom. The van der Waals surface area contributed by atoms with Gasteiger partial charge in [0.15, 0.2) is 0 Å². The fraction of sp³-hybridized carbons (Fsp3) is 0.250. The van der Waals surface area contributed by atoms with Crippen LogP contribution in [-0.4, -0.2) is 17.1 Å². The first-order chi connectivity index (χ1) is 10.4. The molecule has 1 heterocycles. The van der Waals surface area contributed by atoms with Gasteiger partial charge in [-0.25, -0.2) is 13.6 Å². The number of rotatable bonds is 3. The first-order valence-corrected chi connectivity index (χ1v) is 6.73. The van der Waals surface area contributed by atoms with Gasteiger partial charge in [0.2, 0.25) is 0 Å². The van der Waals surface area contributed by atoms with Crippen LogP contribution < -0.4 is 5.56 Å². The van der Waals surface area contributed by atoms with Crippen molar-refractivity contribution in [1.29, 1.82) is 0 Å². The lowest BCUT2D eigenvalue weighted by atomic mass is 10.1. The molecule has 116 valence electrons. The third kappa shape index (κ3) is 2.64. The van der Waals surface area contributed by atoms with Gasteiger partial charge in [-0.2, -0.15) is 0 Å². The second-order valence-corrected chi connectivity index (χ2v) is 4.74. The van der Waals surface area contributed by atoms with E-state index in [9.17, 15) is 18.4 Å². The summed E-state index contributed by atoms with van der Waals surface area (Å²) < 4.78 is 33.2. The predicted molar refractivity (Wildman–Crippen MR) is 77.4 cm³/mol. The summed E-state index contributed by atoms with van der Waals surface area (Å²) >= 11 is 0. The van der Waals surface area contributed by atoms with Crippen LogP contribution in [0.4, 0.5) is 8.78 Å². The second-order valence-electron chi connectivity index (χ2n) is 4.74. The zero-order valence-corrected chi connectivity index (χ0v) is 12.4. The summed E-state index contributed by atoms with van der Waals surface area (Å²) in [5.41, 5.74) is -0.787. The molecule has 22 heavy (non-hydrogen) atoms. The lowest BCUT2D eigenvalue weighted by Crippen LogP contribution is -2.30. The van der Waals surface area contributed by atoms with Crippen molar-refractivity contribution < 1.29 is 18.3 Å². The molecule has 0 atom stereocenters. The topological polar surface area (TPSA) is 48.3 Å². The third-order valence-electron chi connectivity index (χ3n) is 3.34. The van der Waals surface area contributed by atoms with Gasteiger partial charge < -0.3 is 4.74 Å². The van der Waals surface area contributed by atoms with E-state index < -0.39 is 23.2 Å². The van der Waals surface area contributed by atoms with Crippen molar-refractivity contribution >= 4 is 5.97 Å². The zero-order chi connectivity index (χ0) is 16.4. The van der Waals surface area contributed by atoms with Gasteiger partial charge >= 0.3 is 5.97 Å². The first-order valence-electron chi connectivity index (χ1n) is 6.73. The highest BCUT2D eigenvalue weighted by atomic mass is 19.1. The van der Waals surface area contributed by atoms with Gasteiger partial charge in [0.25, 0.3) is 5.56 Å². The van der Waals surface area contributed by atoms with Crippen LogP contribution in [-0.2, 0) is 4.74 Å². The number of hydrogen-bond donors (Lipinski definition) is 0. The van der Waals surface area contributed by atoms with Crippen LogP contribution in [0.5, 0.6) is 0 Å². The number of benzene rings is 1. The molecule has 0 aliphatic rings. The molecular formula is C16H15F2NO3. The minimum absolute atomic E-state index is 0.0437. The molecule has 0 aliphatic carbocycles. The lowest BCUT2D eigenvalue weighted by Gasteiger charge is -2.15. The van der Waals surface area contributed by atoms with Crippen molar-refractivity contribution in [2.45, 2.75) is 20.8 Å². The molecule has 0 saturated heterocycles. The Morgan fingerprint density at radius 1 is 1.18 bits per heavy atom. The molecule has 0 unspecified atom stereocenters. The molecule has 0 spiro atoms. The molecule has 0 aliphatic heterocycles. The van der Waals surface area contributed by atoms with E-state index in [1.54, 1.807) is 6.92 Å². The monoisotopic (exact) mass is 307 g/mol. The number of ether oxygens (including phenoxy) is 1. The van der Waals surface area contributed by atoms with Crippen LogP contribution >= 0.6 is 0 Å². The lowest BCUT2D eigenvalue weighted by molar-refractivity contribution is 0.0522. The largest absolute Gasteiger partial charge is 0.462 e. The molecule has 0 fully saturated rings. The number of carbonyl (C=O) groups is 1. The Bertz CT molecular complexity index is 779. The van der Waals surface area contributed by atoms with E-state index in [-0.39, 0.29) is 29.1 Å². The molecule has 0 amide bonds. The summed E-state index contributed by atoms with van der Waals surface area (Å²) in [6.45, 7) is 4.44. The van der Waals surface area contributed by atoms with E-state index >= 15 is 0 Å². The molecule has 1 aromatic carbocycles. The maximum atomic E-state index is 14.4. The first kappa shape index (κ1) is 15.9. The smallest absolute Gasteiger partial charge is 0.344 e. The number of pyridine rings is 1. The number of esters is 1. The molecule has 2 rings (SSSR count). The Labute approximate surface area is 126 Å². The fourth-order valence-corrected chi connectivity index (χ4v) is 2.25. The number of carbonyl (C=O) groups excluding carboxylic acids is 1. The van der Waals surface area contributed by atoms with Gasteiger partial charge in [0.1, 0.15) is 17.2 Å². The van der Waals surface area contributed by atoms with Gasteiger partial charge in [-0.15, -0.1) is 0 Å². The maximum Gasteiger partial charge on any atom is 0.344 e. The van der Waals surface area contributed by atoms with Crippen molar-refractivity contribution in [3.8, 4) is 5.69 Å². The van der Waals surface area contributed by atoms with Gasteiger partial charge in [-0.3, -0.25) is 9.36 Å². The zero-order valence-electron chi connectivity index (χ0n) is 12.4. The van der Waals surface area contributed by atoms with Crippen molar-refractivity contribution in [1.82, 2.24) is 4.57 Å². The van der Waals surface area contributed by atoms with Crippen LogP contribution in [0.2, 0.25) is 0 Å². The summed E-state index contributed by atoms with van der Waals surface area (Å²) in [5, 5.41) is 0. The normalized spacial score (nSPS) is 10.6. The second kappa shape index (κ2) is 6.09. The molecule has 0 saturated carbocycles.